The third-order valence-corrected chi connectivity index (χ3v) is 4.76. The van der Waals surface area contributed by atoms with Crippen molar-refractivity contribution in [3.63, 3.8) is 0 Å². The van der Waals surface area contributed by atoms with E-state index in [-0.39, 0.29) is 18.4 Å². The summed E-state index contributed by atoms with van der Waals surface area (Å²) >= 11 is 0. The molecule has 4 rings (SSSR count). The first kappa shape index (κ1) is 16.5. The zero-order valence-electron chi connectivity index (χ0n) is 14.0. The Labute approximate surface area is 145 Å². The van der Waals surface area contributed by atoms with Crippen molar-refractivity contribution in [2.75, 3.05) is 19.7 Å². The topological polar surface area (TPSA) is 71.6 Å². The number of rotatable bonds is 7. The minimum absolute atomic E-state index is 0.0454. The van der Waals surface area contributed by atoms with Crippen molar-refractivity contribution < 1.29 is 18.8 Å². The van der Waals surface area contributed by atoms with Gasteiger partial charge in [0.1, 0.15) is 12.7 Å². The van der Waals surface area contributed by atoms with Gasteiger partial charge in [-0.3, -0.25) is 4.90 Å². The van der Waals surface area contributed by atoms with Crippen LogP contribution in [0.4, 0.5) is 4.39 Å². The van der Waals surface area contributed by atoms with E-state index in [4.69, 9.17) is 9.26 Å². The van der Waals surface area contributed by atoms with E-state index in [0.29, 0.717) is 18.3 Å². The van der Waals surface area contributed by atoms with Crippen molar-refractivity contribution in [1.82, 2.24) is 15.0 Å². The average Bonchev–Trinajstić information content (AvgIpc) is 3.16. The molecule has 1 aromatic heterocycles. The standard InChI is InChI=1S/C18H22FN3O3/c19-14-4-1-2-6-16(14)24-11-13(23)10-22-9-3-5-15(22)17-20-18(25-21-17)12-7-8-12/h1-2,4,6,12-13,15,23H,3,5,7-11H2/t13-,15-/m1/s1. The summed E-state index contributed by atoms with van der Waals surface area (Å²) in [6, 6.07) is 6.27. The largest absolute Gasteiger partial charge is 0.488 e. The third-order valence-electron chi connectivity index (χ3n) is 4.76. The molecule has 0 radical (unpaired) electrons. The van der Waals surface area contributed by atoms with E-state index in [1.807, 2.05) is 0 Å². The molecule has 2 aliphatic rings. The molecule has 2 heterocycles. The number of aliphatic hydroxyl groups is 1. The molecule has 0 amide bonds. The number of ether oxygens (including phenoxy) is 1. The number of hydrogen-bond donors (Lipinski definition) is 1. The van der Waals surface area contributed by atoms with Crippen LogP contribution in [-0.2, 0) is 0 Å². The monoisotopic (exact) mass is 347 g/mol. The maximum absolute atomic E-state index is 13.6. The molecular formula is C18H22FN3O3. The molecule has 25 heavy (non-hydrogen) atoms. The molecule has 1 aromatic carbocycles. The molecule has 2 atom stereocenters. The fourth-order valence-electron chi connectivity index (χ4n) is 3.29. The quantitative estimate of drug-likeness (QED) is 0.830. The van der Waals surface area contributed by atoms with Crippen LogP contribution >= 0.6 is 0 Å². The molecule has 2 aromatic rings. The minimum Gasteiger partial charge on any atom is -0.488 e. The first-order valence-corrected chi connectivity index (χ1v) is 8.83. The van der Waals surface area contributed by atoms with Crippen molar-refractivity contribution in [3.05, 3.63) is 41.8 Å². The van der Waals surface area contributed by atoms with Crippen LogP contribution in [0.2, 0.25) is 0 Å². The molecule has 1 saturated carbocycles. The predicted molar refractivity (Wildman–Crippen MR) is 87.7 cm³/mol. The second kappa shape index (κ2) is 7.09. The van der Waals surface area contributed by atoms with Gasteiger partial charge in [0, 0.05) is 12.5 Å². The molecule has 1 aliphatic carbocycles. The van der Waals surface area contributed by atoms with E-state index in [1.165, 1.54) is 6.07 Å². The normalized spacial score (nSPS) is 22.2. The number of β-amino-alcohol motifs (C(OH)–C–C–N with tert-alkyl or cyclic N) is 1. The molecule has 0 spiro atoms. The highest BCUT2D eigenvalue weighted by atomic mass is 19.1. The molecule has 0 unspecified atom stereocenters. The Balaban J connectivity index is 1.33. The van der Waals surface area contributed by atoms with Crippen LogP contribution in [0.3, 0.4) is 0 Å². The van der Waals surface area contributed by atoms with Gasteiger partial charge in [0.2, 0.25) is 5.89 Å². The van der Waals surface area contributed by atoms with Gasteiger partial charge in [-0.25, -0.2) is 4.39 Å². The smallest absolute Gasteiger partial charge is 0.229 e. The number of benzene rings is 1. The van der Waals surface area contributed by atoms with E-state index >= 15 is 0 Å². The Hall–Kier alpha value is -1.99. The maximum Gasteiger partial charge on any atom is 0.229 e. The zero-order valence-corrected chi connectivity index (χ0v) is 14.0. The molecular weight excluding hydrogens is 325 g/mol. The second-order valence-corrected chi connectivity index (χ2v) is 6.81. The molecule has 1 saturated heterocycles. The van der Waals surface area contributed by atoms with Crippen molar-refractivity contribution in [3.8, 4) is 5.75 Å². The number of para-hydroxylation sites is 1. The van der Waals surface area contributed by atoms with E-state index in [2.05, 4.69) is 15.0 Å². The van der Waals surface area contributed by atoms with Gasteiger partial charge in [-0.05, 0) is 44.4 Å². The van der Waals surface area contributed by atoms with Crippen molar-refractivity contribution >= 4 is 0 Å². The van der Waals surface area contributed by atoms with Crippen LogP contribution in [0.25, 0.3) is 0 Å². The van der Waals surface area contributed by atoms with Gasteiger partial charge in [-0.15, -0.1) is 0 Å². The van der Waals surface area contributed by atoms with Crippen LogP contribution in [0, 0.1) is 5.82 Å². The van der Waals surface area contributed by atoms with Crippen LogP contribution < -0.4 is 4.74 Å². The van der Waals surface area contributed by atoms with Crippen LogP contribution in [0.1, 0.15) is 49.4 Å². The van der Waals surface area contributed by atoms with Crippen molar-refractivity contribution in [2.24, 2.45) is 0 Å². The number of nitrogens with zero attached hydrogens (tertiary/aromatic N) is 3. The van der Waals surface area contributed by atoms with E-state index in [0.717, 1.165) is 38.1 Å². The predicted octanol–water partition coefficient (Wildman–Crippen LogP) is 2.66. The minimum atomic E-state index is -0.713. The van der Waals surface area contributed by atoms with Gasteiger partial charge in [-0.2, -0.15) is 4.98 Å². The summed E-state index contributed by atoms with van der Waals surface area (Å²) < 4.78 is 24.3. The molecule has 2 fully saturated rings. The fraction of sp³-hybridized carbons (Fsp3) is 0.556. The summed E-state index contributed by atoms with van der Waals surface area (Å²) in [5, 5.41) is 14.4. The zero-order chi connectivity index (χ0) is 17.2. The number of aliphatic hydroxyl groups excluding tert-OH is 1. The van der Waals surface area contributed by atoms with Gasteiger partial charge in [-0.1, -0.05) is 17.3 Å². The Kier molecular flexibility index (Phi) is 4.67. The van der Waals surface area contributed by atoms with Gasteiger partial charge in [0.05, 0.1) is 6.04 Å². The lowest BCUT2D eigenvalue weighted by Gasteiger charge is -2.24. The number of aromatic nitrogens is 2. The van der Waals surface area contributed by atoms with E-state index in [9.17, 15) is 9.50 Å². The Morgan fingerprint density at radius 2 is 2.16 bits per heavy atom. The number of likely N-dealkylation sites (tertiary alicyclic amines) is 1. The summed E-state index contributed by atoms with van der Waals surface area (Å²) in [7, 11) is 0. The average molecular weight is 347 g/mol. The Bertz CT molecular complexity index is 719. The van der Waals surface area contributed by atoms with Gasteiger partial charge < -0.3 is 14.4 Å². The first-order chi connectivity index (χ1) is 12.2. The molecule has 134 valence electrons. The highest BCUT2D eigenvalue weighted by Crippen LogP contribution is 2.40. The Morgan fingerprint density at radius 1 is 1.32 bits per heavy atom. The van der Waals surface area contributed by atoms with Gasteiger partial charge in [0.15, 0.2) is 17.4 Å². The lowest BCUT2D eigenvalue weighted by atomic mass is 10.2. The lowest BCUT2D eigenvalue weighted by Crippen LogP contribution is -2.35. The highest BCUT2D eigenvalue weighted by Gasteiger charge is 2.34. The molecule has 1 N–H and O–H groups in total. The number of halogens is 1. The summed E-state index contributed by atoms with van der Waals surface area (Å²) in [5.41, 5.74) is 0. The van der Waals surface area contributed by atoms with Crippen molar-refractivity contribution in [2.45, 2.75) is 43.7 Å². The first-order valence-electron chi connectivity index (χ1n) is 8.83. The summed E-state index contributed by atoms with van der Waals surface area (Å²) in [4.78, 5) is 6.68. The fourth-order valence-corrected chi connectivity index (χ4v) is 3.29. The summed E-state index contributed by atoms with van der Waals surface area (Å²) in [5.74, 6) is 1.63. The summed E-state index contributed by atoms with van der Waals surface area (Å²) in [6.45, 7) is 1.35. The van der Waals surface area contributed by atoms with E-state index < -0.39 is 11.9 Å². The molecule has 0 bridgehead atoms. The van der Waals surface area contributed by atoms with Gasteiger partial charge in [0.25, 0.3) is 0 Å². The van der Waals surface area contributed by atoms with E-state index in [1.54, 1.807) is 18.2 Å². The SMILES string of the molecule is O[C@@H](COc1ccccc1F)CN1CCC[C@@H]1c1noc(C2CC2)n1. The molecule has 7 heteroatoms. The number of hydrogen-bond acceptors (Lipinski definition) is 6. The van der Waals surface area contributed by atoms with Crippen LogP contribution in [0.15, 0.2) is 28.8 Å². The van der Waals surface area contributed by atoms with Crippen LogP contribution in [-0.4, -0.2) is 45.9 Å². The molecule has 6 nitrogen and oxygen atoms in total. The van der Waals surface area contributed by atoms with Crippen molar-refractivity contribution in [1.29, 1.82) is 0 Å². The second-order valence-electron chi connectivity index (χ2n) is 6.81. The highest BCUT2D eigenvalue weighted by molar-refractivity contribution is 5.23. The summed E-state index contributed by atoms with van der Waals surface area (Å²) in [6.07, 6.45) is 3.52. The third kappa shape index (κ3) is 3.82. The molecule has 1 aliphatic heterocycles. The Morgan fingerprint density at radius 3 is 2.96 bits per heavy atom. The van der Waals surface area contributed by atoms with Gasteiger partial charge >= 0.3 is 0 Å². The maximum atomic E-state index is 13.6. The lowest BCUT2D eigenvalue weighted by molar-refractivity contribution is 0.0611. The van der Waals surface area contributed by atoms with Crippen LogP contribution in [0.5, 0.6) is 5.75 Å².